The summed E-state index contributed by atoms with van der Waals surface area (Å²) in [6, 6.07) is 12.6. The Kier molecular flexibility index (Phi) is 6.31. The highest BCUT2D eigenvalue weighted by Crippen LogP contribution is 2.13. The second-order valence-electron chi connectivity index (χ2n) is 4.18. The lowest BCUT2D eigenvalue weighted by Crippen LogP contribution is -2.31. The van der Waals surface area contributed by atoms with Crippen molar-refractivity contribution in [1.29, 1.82) is 5.26 Å². The van der Waals surface area contributed by atoms with Crippen molar-refractivity contribution < 1.29 is 4.74 Å². The van der Waals surface area contributed by atoms with E-state index in [2.05, 4.69) is 18.3 Å². The highest BCUT2D eigenvalue weighted by molar-refractivity contribution is 5.25. The first kappa shape index (κ1) is 13.7. The van der Waals surface area contributed by atoms with E-state index in [1.807, 2.05) is 30.3 Å². The smallest absolute Gasteiger partial charge is 0.0837 e. The first-order chi connectivity index (χ1) is 8.27. The second-order valence-corrected chi connectivity index (χ2v) is 4.18. The van der Waals surface area contributed by atoms with Crippen molar-refractivity contribution in [2.75, 3.05) is 20.3 Å². The summed E-state index contributed by atoms with van der Waals surface area (Å²) in [5, 5.41) is 12.5. The van der Waals surface area contributed by atoms with Gasteiger partial charge in [0.25, 0.3) is 0 Å². The molecule has 0 aromatic heterocycles. The lowest BCUT2D eigenvalue weighted by atomic mass is 10.0. The molecule has 1 aromatic rings. The molecule has 3 heteroatoms. The molecule has 0 spiro atoms. The van der Waals surface area contributed by atoms with Crippen LogP contribution in [0.4, 0.5) is 0 Å². The number of rotatable bonds is 7. The first-order valence-electron chi connectivity index (χ1n) is 5.94. The number of nitrogens with one attached hydrogen (secondary N) is 1. The van der Waals surface area contributed by atoms with Crippen LogP contribution >= 0.6 is 0 Å². The Hall–Kier alpha value is -1.37. The van der Waals surface area contributed by atoms with Crippen LogP contribution in [0.3, 0.4) is 0 Å². The SMILES string of the molecule is COCCC(C)NCC(C#N)c1ccccc1. The van der Waals surface area contributed by atoms with E-state index in [1.165, 1.54) is 0 Å². The summed E-state index contributed by atoms with van der Waals surface area (Å²) >= 11 is 0. The van der Waals surface area contributed by atoms with Gasteiger partial charge in [-0.2, -0.15) is 5.26 Å². The highest BCUT2D eigenvalue weighted by atomic mass is 16.5. The summed E-state index contributed by atoms with van der Waals surface area (Å²) in [6.07, 6.45) is 0.962. The molecule has 1 N–H and O–H groups in total. The van der Waals surface area contributed by atoms with Gasteiger partial charge in [-0.15, -0.1) is 0 Å². The molecule has 0 aliphatic heterocycles. The third kappa shape index (κ3) is 4.99. The molecule has 0 amide bonds. The lowest BCUT2D eigenvalue weighted by Gasteiger charge is -2.16. The van der Waals surface area contributed by atoms with E-state index in [-0.39, 0.29) is 5.92 Å². The van der Waals surface area contributed by atoms with Crippen molar-refractivity contribution in [2.45, 2.75) is 25.3 Å². The van der Waals surface area contributed by atoms with E-state index in [0.29, 0.717) is 12.6 Å². The van der Waals surface area contributed by atoms with Gasteiger partial charge in [0.1, 0.15) is 0 Å². The summed E-state index contributed by atoms with van der Waals surface area (Å²) in [5.74, 6) is -0.0822. The number of hydrogen-bond acceptors (Lipinski definition) is 3. The molecule has 1 aromatic carbocycles. The zero-order valence-electron chi connectivity index (χ0n) is 10.5. The molecule has 0 fully saturated rings. The van der Waals surface area contributed by atoms with Gasteiger partial charge in [0.05, 0.1) is 12.0 Å². The monoisotopic (exact) mass is 232 g/mol. The van der Waals surface area contributed by atoms with Crippen molar-refractivity contribution in [1.82, 2.24) is 5.32 Å². The minimum absolute atomic E-state index is 0.0822. The molecule has 0 aliphatic carbocycles. The predicted octanol–water partition coefficient (Wildman–Crippen LogP) is 2.31. The number of benzene rings is 1. The molecule has 0 aliphatic rings. The van der Waals surface area contributed by atoms with E-state index in [1.54, 1.807) is 7.11 Å². The van der Waals surface area contributed by atoms with Gasteiger partial charge in [0.15, 0.2) is 0 Å². The van der Waals surface area contributed by atoms with Gasteiger partial charge in [-0.05, 0) is 18.9 Å². The average molecular weight is 232 g/mol. The van der Waals surface area contributed by atoms with E-state index < -0.39 is 0 Å². The molecule has 3 nitrogen and oxygen atoms in total. The second kappa shape index (κ2) is 7.83. The van der Waals surface area contributed by atoms with Crippen molar-refractivity contribution in [3.8, 4) is 6.07 Å². The van der Waals surface area contributed by atoms with Gasteiger partial charge >= 0.3 is 0 Å². The highest BCUT2D eigenvalue weighted by Gasteiger charge is 2.11. The van der Waals surface area contributed by atoms with Crippen LogP contribution in [0.2, 0.25) is 0 Å². The Bertz CT molecular complexity index is 345. The van der Waals surface area contributed by atoms with Crippen molar-refractivity contribution in [3.05, 3.63) is 35.9 Å². The van der Waals surface area contributed by atoms with Crippen LogP contribution in [0.15, 0.2) is 30.3 Å². The van der Waals surface area contributed by atoms with Crippen LogP contribution in [0.25, 0.3) is 0 Å². The fraction of sp³-hybridized carbons (Fsp3) is 0.500. The molecule has 1 rings (SSSR count). The summed E-state index contributed by atoms with van der Waals surface area (Å²) in [4.78, 5) is 0. The Morgan fingerprint density at radius 1 is 1.35 bits per heavy atom. The first-order valence-corrected chi connectivity index (χ1v) is 5.94. The normalized spacial score (nSPS) is 13.9. The fourth-order valence-electron chi connectivity index (χ4n) is 1.64. The molecule has 0 heterocycles. The molecule has 0 radical (unpaired) electrons. The van der Waals surface area contributed by atoms with E-state index in [9.17, 15) is 0 Å². The van der Waals surface area contributed by atoms with E-state index in [0.717, 1.165) is 18.6 Å². The van der Waals surface area contributed by atoms with Gasteiger partial charge in [0, 0.05) is 26.3 Å². The standard InChI is InChI=1S/C14H20N2O/c1-12(8-9-17-2)16-11-14(10-15)13-6-4-3-5-7-13/h3-7,12,14,16H,8-9,11H2,1-2H3. The number of ether oxygens (including phenoxy) is 1. The third-order valence-electron chi connectivity index (χ3n) is 2.78. The van der Waals surface area contributed by atoms with Crippen molar-refractivity contribution in [3.63, 3.8) is 0 Å². The van der Waals surface area contributed by atoms with Crippen molar-refractivity contribution >= 4 is 0 Å². The molecule has 2 atom stereocenters. The lowest BCUT2D eigenvalue weighted by molar-refractivity contribution is 0.185. The van der Waals surface area contributed by atoms with Crippen molar-refractivity contribution in [2.24, 2.45) is 0 Å². The molecule has 0 saturated carbocycles. The minimum atomic E-state index is -0.0822. The fourth-order valence-corrected chi connectivity index (χ4v) is 1.64. The van der Waals surface area contributed by atoms with Crippen LogP contribution in [-0.4, -0.2) is 26.3 Å². The van der Waals surface area contributed by atoms with Gasteiger partial charge in [-0.1, -0.05) is 30.3 Å². The predicted molar refractivity (Wildman–Crippen MR) is 68.8 cm³/mol. The number of methoxy groups -OCH3 is 1. The summed E-state index contributed by atoms with van der Waals surface area (Å²) in [5.41, 5.74) is 1.07. The maximum absolute atomic E-state index is 9.15. The quantitative estimate of drug-likeness (QED) is 0.784. The largest absolute Gasteiger partial charge is 0.385 e. The Morgan fingerprint density at radius 3 is 2.65 bits per heavy atom. The molecule has 92 valence electrons. The van der Waals surface area contributed by atoms with Gasteiger partial charge in [0.2, 0.25) is 0 Å². The number of hydrogen-bond donors (Lipinski definition) is 1. The summed E-state index contributed by atoms with van der Waals surface area (Å²) in [6.45, 7) is 3.54. The van der Waals surface area contributed by atoms with Gasteiger partial charge < -0.3 is 10.1 Å². The molecule has 2 unspecified atom stereocenters. The molecular weight excluding hydrogens is 212 g/mol. The van der Waals surface area contributed by atoms with Crippen LogP contribution in [0.1, 0.15) is 24.8 Å². The van der Waals surface area contributed by atoms with Crippen LogP contribution in [0, 0.1) is 11.3 Å². The minimum Gasteiger partial charge on any atom is -0.385 e. The van der Waals surface area contributed by atoms with Gasteiger partial charge in [-0.3, -0.25) is 0 Å². The molecule has 0 saturated heterocycles. The zero-order valence-corrected chi connectivity index (χ0v) is 10.5. The number of nitrogens with zero attached hydrogens (tertiary/aromatic N) is 1. The summed E-state index contributed by atoms with van der Waals surface area (Å²) < 4.78 is 5.03. The molecule has 0 bridgehead atoms. The zero-order chi connectivity index (χ0) is 12.5. The van der Waals surface area contributed by atoms with E-state index >= 15 is 0 Å². The number of nitriles is 1. The molecular formula is C14H20N2O. The topological polar surface area (TPSA) is 45.0 Å². The average Bonchev–Trinajstić information content (AvgIpc) is 2.38. The van der Waals surface area contributed by atoms with Gasteiger partial charge in [-0.25, -0.2) is 0 Å². The van der Waals surface area contributed by atoms with E-state index in [4.69, 9.17) is 10.00 Å². The van der Waals surface area contributed by atoms with Crippen LogP contribution in [-0.2, 0) is 4.74 Å². The third-order valence-corrected chi connectivity index (χ3v) is 2.78. The Balaban J connectivity index is 2.41. The van der Waals surface area contributed by atoms with Crippen LogP contribution in [0.5, 0.6) is 0 Å². The van der Waals surface area contributed by atoms with Crippen LogP contribution < -0.4 is 5.32 Å². The molecule has 17 heavy (non-hydrogen) atoms. The summed E-state index contributed by atoms with van der Waals surface area (Å²) in [7, 11) is 1.70. The maximum atomic E-state index is 9.15. The Labute approximate surface area is 103 Å². The Morgan fingerprint density at radius 2 is 2.06 bits per heavy atom. The maximum Gasteiger partial charge on any atom is 0.0837 e.